The van der Waals surface area contributed by atoms with Gasteiger partial charge < -0.3 is 10.6 Å². The summed E-state index contributed by atoms with van der Waals surface area (Å²) < 4.78 is 0. The molecule has 7 heteroatoms. The van der Waals surface area contributed by atoms with Gasteiger partial charge in [-0.1, -0.05) is 30.7 Å². The Bertz CT molecular complexity index is 1050. The van der Waals surface area contributed by atoms with Crippen molar-refractivity contribution in [2.75, 3.05) is 28.6 Å². The first-order chi connectivity index (χ1) is 14.0. The molecule has 1 atom stereocenters. The average Bonchev–Trinajstić information content (AvgIpc) is 2.87. The van der Waals surface area contributed by atoms with Gasteiger partial charge in [-0.3, -0.25) is 9.88 Å². The van der Waals surface area contributed by atoms with Crippen LogP contribution in [-0.2, 0) is 0 Å². The van der Waals surface area contributed by atoms with E-state index in [0.717, 1.165) is 29.1 Å². The number of amides is 2. The van der Waals surface area contributed by atoms with E-state index in [1.165, 1.54) is 0 Å². The Kier molecular flexibility index (Phi) is 5.36. The van der Waals surface area contributed by atoms with Crippen LogP contribution >= 0.6 is 11.6 Å². The summed E-state index contributed by atoms with van der Waals surface area (Å²) in [5.41, 5.74) is 4.14. The molecular formula is C22H22ClN5O. The molecule has 3 aromatic rings. The van der Waals surface area contributed by atoms with Gasteiger partial charge in [0.15, 0.2) is 5.82 Å². The van der Waals surface area contributed by atoms with E-state index >= 15 is 0 Å². The fourth-order valence-corrected chi connectivity index (χ4v) is 3.53. The van der Waals surface area contributed by atoms with E-state index in [9.17, 15) is 4.79 Å². The molecule has 2 amide bonds. The van der Waals surface area contributed by atoms with Crippen LogP contribution in [0, 0.1) is 12.8 Å². The summed E-state index contributed by atoms with van der Waals surface area (Å²) in [7, 11) is 0. The van der Waals surface area contributed by atoms with E-state index < -0.39 is 0 Å². The standard InChI is InChI=1S/C22H22ClN5O/c1-14-8-18(12-24-10-14)26-22(29)28-13-15(2)11-25-20-7-6-19(27-21(20)28)16-4-3-5-17(23)9-16/h3-10,12,15,25H,11,13H2,1-2H3,(H,26,29)/t15-/m1/s1. The van der Waals surface area contributed by atoms with Gasteiger partial charge in [0.2, 0.25) is 0 Å². The van der Waals surface area contributed by atoms with Crippen molar-refractivity contribution in [2.45, 2.75) is 13.8 Å². The minimum absolute atomic E-state index is 0.232. The maximum Gasteiger partial charge on any atom is 0.327 e. The van der Waals surface area contributed by atoms with Crippen molar-refractivity contribution in [3.05, 3.63) is 65.4 Å². The molecule has 29 heavy (non-hydrogen) atoms. The Morgan fingerprint density at radius 3 is 2.90 bits per heavy atom. The summed E-state index contributed by atoms with van der Waals surface area (Å²) in [4.78, 5) is 23.8. The Morgan fingerprint density at radius 1 is 1.24 bits per heavy atom. The summed E-state index contributed by atoms with van der Waals surface area (Å²) >= 11 is 6.14. The van der Waals surface area contributed by atoms with E-state index in [0.29, 0.717) is 23.1 Å². The molecule has 0 spiro atoms. The number of nitrogens with zero attached hydrogens (tertiary/aromatic N) is 3. The third kappa shape index (κ3) is 4.32. The molecule has 4 rings (SSSR count). The lowest BCUT2D eigenvalue weighted by atomic mass is 10.1. The number of halogens is 1. The number of anilines is 3. The fraction of sp³-hybridized carbons (Fsp3) is 0.227. The summed E-state index contributed by atoms with van der Waals surface area (Å²) in [6.45, 7) is 5.36. The predicted octanol–water partition coefficient (Wildman–Crippen LogP) is 5.21. The molecule has 0 bridgehead atoms. The molecule has 0 saturated heterocycles. The molecule has 0 aliphatic carbocycles. The Hall–Kier alpha value is -3.12. The normalized spacial score (nSPS) is 15.8. The van der Waals surface area contributed by atoms with E-state index in [1.807, 2.05) is 49.4 Å². The molecule has 0 fully saturated rings. The molecule has 0 radical (unpaired) electrons. The van der Waals surface area contributed by atoms with Crippen LogP contribution in [0.2, 0.25) is 5.02 Å². The molecular weight excluding hydrogens is 386 g/mol. The second kappa shape index (κ2) is 8.09. The highest BCUT2D eigenvalue weighted by atomic mass is 35.5. The van der Waals surface area contributed by atoms with Gasteiger partial charge in [0.05, 0.1) is 23.3 Å². The first-order valence-electron chi connectivity index (χ1n) is 9.50. The molecule has 148 valence electrons. The van der Waals surface area contributed by atoms with E-state index in [2.05, 4.69) is 22.5 Å². The topological polar surface area (TPSA) is 70.2 Å². The molecule has 2 aromatic heterocycles. The van der Waals surface area contributed by atoms with Gasteiger partial charge in [-0.05, 0) is 48.7 Å². The van der Waals surface area contributed by atoms with Gasteiger partial charge in [0, 0.05) is 29.9 Å². The van der Waals surface area contributed by atoms with Gasteiger partial charge in [-0.15, -0.1) is 0 Å². The number of pyridine rings is 2. The molecule has 3 heterocycles. The monoisotopic (exact) mass is 407 g/mol. The molecule has 6 nitrogen and oxygen atoms in total. The number of hydrogen-bond donors (Lipinski definition) is 2. The van der Waals surface area contributed by atoms with Crippen LogP contribution in [0.15, 0.2) is 54.9 Å². The largest absolute Gasteiger partial charge is 0.382 e. The van der Waals surface area contributed by atoms with Crippen molar-refractivity contribution in [2.24, 2.45) is 5.92 Å². The third-order valence-corrected chi connectivity index (χ3v) is 4.99. The number of fused-ring (bicyclic) bond motifs is 1. The number of rotatable bonds is 2. The maximum atomic E-state index is 13.1. The van der Waals surface area contributed by atoms with E-state index in [4.69, 9.17) is 16.6 Å². The van der Waals surface area contributed by atoms with Crippen LogP contribution in [0.1, 0.15) is 12.5 Å². The maximum absolute atomic E-state index is 13.1. The van der Waals surface area contributed by atoms with Crippen LogP contribution < -0.4 is 15.5 Å². The highest BCUT2D eigenvalue weighted by Crippen LogP contribution is 2.32. The number of carbonyl (C=O) groups is 1. The van der Waals surface area contributed by atoms with E-state index in [1.54, 1.807) is 17.3 Å². The van der Waals surface area contributed by atoms with Crippen LogP contribution in [0.25, 0.3) is 11.3 Å². The summed E-state index contributed by atoms with van der Waals surface area (Å²) in [5, 5.41) is 6.99. The number of benzene rings is 1. The predicted molar refractivity (Wildman–Crippen MR) is 118 cm³/mol. The van der Waals surface area contributed by atoms with Crippen molar-refractivity contribution in [1.82, 2.24) is 9.97 Å². The highest BCUT2D eigenvalue weighted by Gasteiger charge is 2.26. The zero-order valence-electron chi connectivity index (χ0n) is 16.3. The number of nitrogens with one attached hydrogen (secondary N) is 2. The van der Waals surface area contributed by atoms with Gasteiger partial charge in [0.1, 0.15) is 0 Å². The Labute approximate surface area is 174 Å². The second-order valence-electron chi connectivity index (χ2n) is 7.36. The molecule has 1 aliphatic rings. The molecule has 1 aromatic carbocycles. The van der Waals surface area contributed by atoms with Gasteiger partial charge in [-0.25, -0.2) is 9.78 Å². The first-order valence-corrected chi connectivity index (χ1v) is 9.88. The zero-order valence-corrected chi connectivity index (χ0v) is 17.1. The Morgan fingerprint density at radius 2 is 2.10 bits per heavy atom. The van der Waals surface area contributed by atoms with Crippen molar-refractivity contribution >= 4 is 34.8 Å². The highest BCUT2D eigenvalue weighted by molar-refractivity contribution is 6.30. The minimum Gasteiger partial charge on any atom is -0.382 e. The number of hydrogen-bond acceptors (Lipinski definition) is 4. The van der Waals surface area contributed by atoms with Crippen molar-refractivity contribution in [1.29, 1.82) is 0 Å². The molecule has 1 aliphatic heterocycles. The second-order valence-corrected chi connectivity index (χ2v) is 7.79. The van der Waals surface area contributed by atoms with Crippen LogP contribution in [-0.4, -0.2) is 29.1 Å². The van der Waals surface area contributed by atoms with Crippen LogP contribution in [0.5, 0.6) is 0 Å². The fourth-order valence-electron chi connectivity index (χ4n) is 3.34. The lowest BCUT2D eigenvalue weighted by molar-refractivity contribution is 0.256. The number of aromatic nitrogens is 2. The summed E-state index contributed by atoms with van der Waals surface area (Å²) in [5.74, 6) is 0.866. The smallest absolute Gasteiger partial charge is 0.327 e. The number of urea groups is 1. The van der Waals surface area contributed by atoms with Crippen LogP contribution in [0.4, 0.5) is 22.0 Å². The molecule has 2 N–H and O–H groups in total. The summed E-state index contributed by atoms with van der Waals surface area (Å²) in [6, 6.07) is 13.1. The van der Waals surface area contributed by atoms with Crippen molar-refractivity contribution in [3.63, 3.8) is 0 Å². The van der Waals surface area contributed by atoms with Crippen molar-refractivity contribution in [3.8, 4) is 11.3 Å². The van der Waals surface area contributed by atoms with Gasteiger partial charge in [0.25, 0.3) is 0 Å². The van der Waals surface area contributed by atoms with Crippen molar-refractivity contribution < 1.29 is 4.79 Å². The van der Waals surface area contributed by atoms with Crippen LogP contribution in [0.3, 0.4) is 0 Å². The zero-order chi connectivity index (χ0) is 20.4. The molecule has 0 saturated carbocycles. The lowest BCUT2D eigenvalue weighted by Gasteiger charge is -2.24. The van der Waals surface area contributed by atoms with Gasteiger partial charge in [-0.2, -0.15) is 0 Å². The average molecular weight is 408 g/mol. The van der Waals surface area contributed by atoms with E-state index in [-0.39, 0.29) is 11.9 Å². The number of aryl methyl sites for hydroxylation is 1. The SMILES string of the molecule is Cc1cncc(NC(=O)N2C[C@H](C)CNc3ccc(-c4cccc(Cl)c4)nc32)c1. The summed E-state index contributed by atoms with van der Waals surface area (Å²) in [6.07, 6.45) is 3.39. The number of carbonyl (C=O) groups excluding carboxylic acids is 1. The third-order valence-electron chi connectivity index (χ3n) is 4.76. The van der Waals surface area contributed by atoms with Gasteiger partial charge >= 0.3 is 6.03 Å². The minimum atomic E-state index is -0.232. The quantitative estimate of drug-likeness (QED) is 0.612. The molecule has 0 unspecified atom stereocenters. The lowest BCUT2D eigenvalue weighted by Crippen LogP contribution is -2.38. The Balaban J connectivity index is 1.70. The first kappa shape index (κ1) is 19.2.